The van der Waals surface area contributed by atoms with E-state index in [1.165, 1.54) is 4.88 Å². The van der Waals surface area contributed by atoms with Crippen LogP contribution in [0.3, 0.4) is 0 Å². The Labute approximate surface area is 159 Å². The molecule has 1 unspecified atom stereocenters. The van der Waals surface area contributed by atoms with Crippen LogP contribution < -0.4 is 10.6 Å². The molecule has 0 bridgehead atoms. The zero-order valence-electron chi connectivity index (χ0n) is 13.8. The molecule has 0 spiro atoms. The van der Waals surface area contributed by atoms with Crippen molar-refractivity contribution in [1.29, 1.82) is 0 Å². The Bertz CT molecular complexity index is 583. The first-order valence-electron chi connectivity index (χ1n) is 7.66. The van der Waals surface area contributed by atoms with E-state index in [1.54, 1.807) is 17.6 Å². The standard InChI is InChI=1S/C16H24N4OS.HI/c1-4-12(2)20-16(17-8-7-14-6-5-9-21-14)19-11-15-18-10-13(3)22-15;/h5-6,9-10,12H,4,7-8,11H2,1-3H3,(H2,17,19,20);1H. The summed E-state index contributed by atoms with van der Waals surface area (Å²) in [5.74, 6) is 1.81. The van der Waals surface area contributed by atoms with Gasteiger partial charge < -0.3 is 15.1 Å². The summed E-state index contributed by atoms with van der Waals surface area (Å²) in [6, 6.07) is 4.28. The van der Waals surface area contributed by atoms with Crippen molar-refractivity contribution in [3.05, 3.63) is 40.2 Å². The molecule has 2 rings (SSSR count). The van der Waals surface area contributed by atoms with Crippen LogP contribution in [-0.4, -0.2) is 23.5 Å². The third-order valence-corrected chi connectivity index (χ3v) is 4.18. The number of guanidine groups is 1. The predicted octanol–water partition coefficient (Wildman–Crippen LogP) is 3.74. The highest BCUT2D eigenvalue weighted by atomic mass is 127. The number of thiazole rings is 1. The van der Waals surface area contributed by atoms with Crippen LogP contribution in [0.2, 0.25) is 0 Å². The van der Waals surface area contributed by atoms with Gasteiger partial charge in [0.1, 0.15) is 10.8 Å². The van der Waals surface area contributed by atoms with Crippen LogP contribution in [0.5, 0.6) is 0 Å². The molecular formula is C16H25IN4OS. The molecule has 0 amide bonds. The van der Waals surface area contributed by atoms with Crippen LogP contribution in [0, 0.1) is 6.92 Å². The van der Waals surface area contributed by atoms with Gasteiger partial charge in [0.2, 0.25) is 0 Å². The van der Waals surface area contributed by atoms with E-state index in [-0.39, 0.29) is 24.0 Å². The summed E-state index contributed by atoms with van der Waals surface area (Å²) in [4.78, 5) is 10.2. The second-order valence-electron chi connectivity index (χ2n) is 5.24. The zero-order valence-corrected chi connectivity index (χ0v) is 17.0. The fraction of sp³-hybridized carbons (Fsp3) is 0.500. The van der Waals surface area contributed by atoms with Crippen molar-refractivity contribution >= 4 is 41.3 Å². The van der Waals surface area contributed by atoms with Gasteiger partial charge in [-0.15, -0.1) is 35.3 Å². The first-order chi connectivity index (χ1) is 10.7. The van der Waals surface area contributed by atoms with Crippen molar-refractivity contribution < 1.29 is 4.42 Å². The second-order valence-corrected chi connectivity index (χ2v) is 6.56. The summed E-state index contributed by atoms with van der Waals surface area (Å²) in [7, 11) is 0. The second kappa shape index (κ2) is 10.6. The Kier molecular flexibility index (Phi) is 9.23. The molecule has 2 heterocycles. The highest BCUT2D eigenvalue weighted by molar-refractivity contribution is 14.0. The van der Waals surface area contributed by atoms with E-state index in [1.807, 2.05) is 18.3 Å². The van der Waals surface area contributed by atoms with Crippen LogP contribution in [0.4, 0.5) is 0 Å². The fourth-order valence-corrected chi connectivity index (χ4v) is 2.58. The van der Waals surface area contributed by atoms with E-state index in [4.69, 9.17) is 4.42 Å². The quantitative estimate of drug-likeness (QED) is 0.385. The molecule has 7 heteroatoms. The third-order valence-electron chi connectivity index (χ3n) is 3.28. The van der Waals surface area contributed by atoms with E-state index < -0.39 is 0 Å². The molecule has 0 radical (unpaired) electrons. The Morgan fingerprint density at radius 1 is 1.48 bits per heavy atom. The number of nitrogens with zero attached hydrogens (tertiary/aromatic N) is 2. The third kappa shape index (κ3) is 7.34. The Morgan fingerprint density at radius 3 is 2.91 bits per heavy atom. The van der Waals surface area contributed by atoms with Gasteiger partial charge in [0.05, 0.1) is 12.8 Å². The van der Waals surface area contributed by atoms with Crippen molar-refractivity contribution in [3.63, 3.8) is 0 Å². The smallest absolute Gasteiger partial charge is 0.191 e. The molecule has 2 aromatic rings. The van der Waals surface area contributed by atoms with Crippen molar-refractivity contribution in [2.45, 2.75) is 46.2 Å². The summed E-state index contributed by atoms with van der Waals surface area (Å²) >= 11 is 1.69. The SMILES string of the molecule is CCC(C)NC(=NCc1ncc(C)s1)NCCc1ccco1.I. The molecule has 2 N–H and O–H groups in total. The van der Waals surface area contributed by atoms with Gasteiger partial charge in [-0.1, -0.05) is 6.92 Å². The molecule has 0 aromatic carbocycles. The fourth-order valence-electron chi connectivity index (χ4n) is 1.87. The molecule has 0 aliphatic heterocycles. The maximum absolute atomic E-state index is 5.34. The first kappa shape index (κ1) is 20.0. The lowest BCUT2D eigenvalue weighted by Crippen LogP contribution is -2.42. The lowest BCUT2D eigenvalue weighted by atomic mass is 10.3. The molecule has 0 saturated carbocycles. The normalized spacial score (nSPS) is 12.6. The van der Waals surface area contributed by atoms with Gasteiger partial charge in [0.25, 0.3) is 0 Å². The van der Waals surface area contributed by atoms with Gasteiger partial charge in [-0.2, -0.15) is 0 Å². The van der Waals surface area contributed by atoms with E-state index in [0.29, 0.717) is 12.6 Å². The van der Waals surface area contributed by atoms with Crippen LogP contribution in [0.15, 0.2) is 34.0 Å². The maximum Gasteiger partial charge on any atom is 0.191 e. The van der Waals surface area contributed by atoms with Crippen molar-refractivity contribution in [3.8, 4) is 0 Å². The van der Waals surface area contributed by atoms with Gasteiger partial charge in [-0.25, -0.2) is 9.98 Å². The molecule has 0 aliphatic carbocycles. The largest absolute Gasteiger partial charge is 0.469 e. The highest BCUT2D eigenvalue weighted by Crippen LogP contribution is 2.11. The molecule has 23 heavy (non-hydrogen) atoms. The van der Waals surface area contributed by atoms with Crippen LogP contribution in [0.25, 0.3) is 0 Å². The minimum absolute atomic E-state index is 0. The molecule has 0 saturated heterocycles. The number of nitrogens with one attached hydrogen (secondary N) is 2. The minimum atomic E-state index is 0. The number of hydrogen-bond donors (Lipinski definition) is 2. The Hall–Kier alpha value is -1.09. The molecule has 2 aromatic heterocycles. The maximum atomic E-state index is 5.34. The van der Waals surface area contributed by atoms with E-state index >= 15 is 0 Å². The Morgan fingerprint density at radius 2 is 2.30 bits per heavy atom. The summed E-state index contributed by atoms with van der Waals surface area (Å²) in [6.45, 7) is 7.75. The van der Waals surface area contributed by atoms with Gasteiger partial charge in [0.15, 0.2) is 5.96 Å². The summed E-state index contributed by atoms with van der Waals surface area (Å²) in [6.07, 6.45) is 5.48. The predicted molar refractivity (Wildman–Crippen MR) is 107 cm³/mol. The molecule has 5 nitrogen and oxygen atoms in total. The van der Waals surface area contributed by atoms with Crippen molar-refractivity contribution in [2.75, 3.05) is 6.54 Å². The molecule has 1 atom stereocenters. The number of furan rings is 1. The average Bonchev–Trinajstić information content (AvgIpc) is 3.16. The minimum Gasteiger partial charge on any atom is -0.469 e. The number of aromatic nitrogens is 1. The molecular weight excluding hydrogens is 423 g/mol. The van der Waals surface area contributed by atoms with Gasteiger partial charge >= 0.3 is 0 Å². The number of halogens is 1. The first-order valence-corrected chi connectivity index (χ1v) is 8.47. The van der Waals surface area contributed by atoms with E-state index in [9.17, 15) is 0 Å². The van der Waals surface area contributed by atoms with Crippen LogP contribution in [-0.2, 0) is 13.0 Å². The average molecular weight is 448 g/mol. The van der Waals surface area contributed by atoms with E-state index in [0.717, 1.165) is 36.1 Å². The number of aryl methyl sites for hydroxylation is 1. The molecule has 128 valence electrons. The van der Waals surface area contributed by atoms with Gasteiger partial charge in [0, 0.05) is 30.1 Å². The van der Waals surface area contributed by atoms with Crippen LogP contribution >= 0.6 is 35.3 Å². The molecule has 0 fully saturated rings. The lowest BCUT2D eigenvalue weighted by Gasteiger charge is -2.16. The monoisotopic (exact) mass is 448 g/mol. The topological polar surface area (TPSA) is 62.5 Å². The zero-order chi connectivity index (χ0) is 15.8. The summed E-state index contributed by atoms with van der Waals surface area (Å²) in [5.41, 5.74) is 0. The highest BCUT2D eigenvalue weighted by Gasteiger charge is 2.05. The van der Waals surface area contributed by atoms with E-state index in [2.05, 4.69) is 41.4 Å². The van der Waals surface area contributed by atoms with Gasteiger partial charge in [-0.3, -0.25) is 0 Å². The van der Waals surface area contributed by atoms with Crippen LogP contribution in [0.1, 0.15) is 35.9 Å². The number of hydrogen-bond acceptors (Lipinski definition) is 4. The number of rotatable bonds is 7. The summed E-state index contributed by atoms with van der Waals surface area (Å²) in [5, 5.41) is 7.80. The summed E-state index contributed by atoms with van der Waals surface area (Å²) < 4.78 is 5.34. The molecule has 0 aliphatic rings. The van der Waals surface area contributed by atoms with Crippen molar-refractivity contribution in [1.82, 2.24) is 15.6 Å². The Balaban J connectivity index is 0.00000264. The van der Waals surface area contributed by atoms with Gasteiger partial charge in [-0.05, 0) is 32.4 Å². The number of aliphatic imine (C=N–C) groups is 1. The lowest BCUT2D eigenvalue weighted by molar-refractivity contribution is 0.506. The van der Waals surface area contributed by atoms with Crippen molar-refractivity contribution in [2.24, 2.45) is 4.99 Å².